The van der Waals surface area contributed by atoms with Crippen molar-refractivity contribution in [2.45, 2.75) is 48.4 Å². The summed E-state index contributed by atoms with van der Waals surface area (Å²) in [6, 6.07) is 8.29. The summed E-state index contributed by atoms with van der Waals surface area (Å²) in [4.78, 5) is 20.8. The number of benzene rings is 2. The Hall–Kier alpha value is -3.48. The highest BCUT2D eigenvalue weighted by Crippen LogP contribution is 2.38. The fraction of sp³-hybridized carbons (Fsp3) is 0.320. The van der Waals surface area contributed by atoms with Crippen LogP contribution in [0.4, 0.5) is 26.3 Å². The molecule has 1 aliphatic carbocycles. The van der Waals surface area contributed by atoms with Gasteiger partial charge in [-0.2, -0.15) is 0 Å². The maximum Gasteiger partial charge on any atom is 0.573 e. The number of hydrogen-bond donors (Lipinski definition) is 0. The van der Waals surface area contributed by atoms with Gasteiger partial charge in [0.2, 0.25) is 0 Å². The van der Waals surface area contributed by atoms with E-state index < -0.39 is 56.7 Å². The number of rotatable bonds is 8. The van der Waals surface area contributed by atoms with Gasteiger partial charge in [0.1, 0.15) is 24.1 Å². The van der Waals surface area contributed by atoms with Crippen LogP contribution in [0.1, 0.15) is 25.0 Å². The van der Waals surface area contributed by atoms with Gasteiger partial charge in [-0.25, -0.2) is 31.6 Å². The summed E-state index contributed by atoms with van der Waals surface area (Å²) >= 11 is 0. The van der Waals surface area contributed by atoms with Gasteiger partial charge in [-0.05, 0) is 67.8 Å². The SMILES string of the molecule is O=C(CCc1cc(-c2ccc(OC(F)(F)F)c(F)c2)ncn1)[C@@H]1C[C@@H](F)CC1S(=O)(=O)c1ccc(F)cc1. The van der Waals surface area contributed by atoms with E-state index in [9.17, 15) is 39.6 Å². The van der Waals surface area contributed by atoms with Crippen molar-refractivity contribution in [3.8, 4) is 17.0 Å². The molecule has 3 atom stereocenters. The van der Waals surface area contributed by atoms with Crippen molar-refractivity contribution in [1.82, 2.24) is 9.97 Å². The molecular weight excluding hydrogens is 538 g/mol. The van der Waals surface area contributed by atoms with Gasteiger partial charge in [0.15, 0.2) is 21.4 Å². The van der Waals surface area contributed by atoms with Gasteiger partial charge >= 0.3 is 6.36 Å². The Morgan fingerprint density at radius 3 is 2.37 bits per heavy atom. The van der Waals surface area contributed by atoms with Crippen LogP contribution >= 0.6 is 0 Å². The van der Waals surface area contributed by atoms with E-state index in [-0.39, 0.29) is 41.8 Å². The van der Waals surface area contributed by atoms with E-state index in [4.69, 9.17) is 0 Å². The van der Waals surface area contributed by atoms with Gasteiger partial charge in [0, 0.05) is 23.6 Å². The average molecular weight is 559 g/mol. The van der Waals surface area contributed by atoms with Crippen molar-refractivity contribution >= 4 is 15.6 Å². The van der Waals surface area contributed by atoms with E-state index in [0.29, 0.717) is 5.69 Å². The van der Waals surface area contributed by atoms with Crippen molar-refractivity contribution in [3.05, 3.63) is 72.2 Å². The number of aryl methyl sites for hydroxylation is 1. The molecule has 1 heterocycles. The molecular formula is C25H20F6N2O4S. The van der Waals surface area contributed by atoms with Crippen LogP contribution in [0.2, 0.25) is 0 Å². The largest absolute Gasteiger partial charge is 0.573 e. The number of aromatic nitrogens is 2. The third-order valence-electron chi connectivity index (χ3n) is 6.21. The van der Waals surface area contributed by atoms with E-state index in [1.54, 1.807) is 0 Å². The second-order valence-corrected chi connectivity index (χ2v) is 10.9. The van der Waals surface area contributed by atoms with Crippen LogP contribution in [0, 0.1) is 17.6 Å². The molecule has 0 bridgehead atoms. The molecule has 2 aromatic carbocycles. The molecule has 1 aliphatic rings. The quantitative estimate of drug-likeness (QED) is 0.272. The summed E-state index contributed by atoms with van der Waals surface area (Å²) < 4.78 is 108. The van der Waals surface area contributed by atoms with Crippen LogP contribution in [-0.4, -0.2) is 42.0 Å². The molecule has 0 spiro atoms. The summed E-state index contributed by atoms with van der Waals surface area (Å²) in [5.74, 6) is -4.49. The number of Topliss-reactive ketones (excluding diaryl/α,β-unsaturated/α-hetero) is 1. The fourth-order valence-corrected chi connectivity index (χ4v) is 6.44. The zero-order chi connectivity index (χ0) is 27.7. The van der Waals surface area contributed by atoms with Gasteiger partial charge < -0.3 is 4.74 Å². The second kappa shape index (κ2) is 10.7. The maximum absolute atomic E-state index is 14.3. The normalized spacial score (nSPS) is 19.9. The number of ketones is 1. The summed E-state index contributed by atoms with van der Waals surface area (Å²) in [6.45, 7) is 0. The Bertz CT molecular complexity index is 1430. The van der Waals surface area contributed by atoms with E-state index >= 15 is 0 Å². The Labute approximate surface area is 213 Å². The zero-order valence-corrected chi connectivity index (χ0v) is 20.3. The van der Waals surface area contributed by atoms with Gasteiger partial charge in [-0.1, -0.05) is 0 Å². The van der Waals surface area contributed by atoms with Crippen LogP contribution < -0.4 is 4.74 Å². The highest BCUT2D eigenvalue weighted by molar-refractivity contribution is 7.92. The maximum atomic E-state index is 14.3. The molecule has 0 aliphatic heterocycles. The lowest BCUT2D eigenvalue weighted by molar-refractivity contribution is -0.275. The number of halogens is 6. The smallest absolute Gasteiger partial charge is 0.403 e. The Morgan fingerprint density at radius 1 is 1.00 bits per heavy atom. The summed E-state index contributed by atoms with van der Waals surface area (Å²) in [7, 11) is -4.10. The molecule has 1 fully saturated rings. The molecule has 13 heteroatoms. The van der Waals surface area contributed by atoms with Crippen molar-refractivity contribution in [3.63, 3.8) is 0 Å². The number of carbonyl (C=O) groups excluding carboxylic acids is 1. The minimum Gasteiger partial charge on any atom is -0.403 e. The minimum atomic E-state index is -5.06. The number of hydrogen-bond acceptors (Lipinski definition) is 6. The molecule has 0 saturated heterocycles. The molecule has 0 radical (unpaired) electrons. The van der Waals surface area contributed by atoms with Gasteiger partial charge in [0.05, 0.1) is 15.8 Å². The lowest BCUT2D eigenvalue weighted by Gasteiger charge is -2.19. The minimum absolute atomic E-state index is 0.0306. The van der Waals surface area contributed by atoms with Crippen molar-refractivity contribution in [2.24, 2.45) is 5.92 Å². The average Bonchev–Trinajstić information content (AvgIpc) is 3.26. The summed E-state index contributed by atoms with van der Waals surface area (Å²) in [5, 5.41) is -1.29. The van der Waals surface area contributed by atoms with Crippen LogP contribution in [0.3, 0.4) is 0 Å². The van der Waals surface area contributed by atoms with Gasteiger partial charge in [-0.3, -0.25) is 4.79 Å². The highest BCUT2D eigenvalue weighted by atomic mass is 32.2. The number of ether oxygens (including phenoxy) is 1. The number of alkyl halides is 4. The number of sulfone groups is 1. The van der Waals surface area contributed by atoms with E-state index in [1.807, 2.05) is 0 Å². The first-order valence-electron chi connectivity index (χ1n) is 11.4. The monoisotopic (exact) mass is 558 g/mol. The van der Waals surface area contributed by atoms with Crippen molar-refractivity contribution in [2.75, 3.05) is 0 Å². The van der Waals surface area contributed by atoms with Crippen LogP contribution in [0.5, 0.6) is 5.75 Å². The third kappa shape index (κ3) is 6.32. The standard InChI is InChI=1S/C25H20F6N2O4S/c26-15-2-5-18(6-3-15)38(35,36)24-11-16(27)10-19(24)22(34)7-4-17-12-21(33-13-32-17)14-1-8-23(20(28)9-14)37-25(29,30)31/h1-3,5-6,8-9,12-13,16,19,24H,4,7,10-11H2/t16-,19+,24?/m1/s1. The number of nitrogens with zero attached hydrogens (tertiary/aromatic N) is 2. The van der Waals surface area contributed by atoms with E-state index in [0.717, 1.165) is 42.7 Å². The Kier molecular flexibility index (Phi) is 7.77. The molecule has 1 unspecified atom stereocenters. The van der Waals surface area contributed by atoms with Gasteiger partial charge in [0.25, 0.3) is 0 Å². The number of carbonyl (C=O) groups is 1. The van der Waals surface area contributed by atoms with Crippen LogP contribution in [0.15, 0.2) is 59.8 Å². The molecule has 4 rings (SSSR count). The molecule has 202 valence electrons. The first kappa shape index (κ1) is 27.6. The molecule has 0 amide bonds. The van der Waals surface area contributed by atoms with E-state index in [1.165, 1.54) is 12.1 Å². The predicted octanol–water partition coefficient (Wildman–Crippen LogP) is 5.41. The zero-order valence-electron chi connectivity index (χ0n) is 19.5. The Morgan fingerprint density at radius 2 is 1.71 bits per heavy atom. The molecule has 3 aromatic rings. The van der Waals surface area contributed by atoms with E-state index in [2.05, 4.69) is 14.7 Å². The lowest BCUT2D eigenvalue weighted by Crippen LogP contribution is -2.31. The molecule has 1 saturated carbocycles. The van der Waals surface area contributed by atoms with Crippen molar-refractivity contribution < 1.29 is 44.3 Å². The van der Waals surface area contributed by atoms with Crippen LogP contribution in [0.25, 0.3) is 11.3 Å². The van der Waals surface area contributed by atoms with Crippen molar-refractivity contribution in [1.29, 1.82) is 0 Å². The lowest BCUT2D eigenvalue weighted by atomic mass is 9.97. The molecule has 1 aromatic heterocycles. The van der Waals surface area contributed by atoms with Gasteiger partial charge in [-0.15, -0.1) is 13.2 Å². The molecule has 38 heavy (non-hydrogen) atoms. The van der Waals surface area contributed by atoms with Crippen LogP contribution in [-0.2, 0) is 21.1 Å². The molecule has 0 N–H and O–H groups in total. The topological polar surface area (TPSA) is 86.2 Å². The third-order valence-corrected chi connectivity index (χ3v) is 8.45. The second-order valence-electron chi connectivity index (χ2n) is 8.77. The fourth-order valence-electron chi connectivity index (χ4n) is 4.42. The summed E-state index contributed by atoms with van der Waals surface area (Å²) in [5.41, 5.74) is 0.627. The Balaban J connectivity index is 1.46. The summed E-state index contributed by atoms with van der Waals surface area (Å²) in [6.07, 6.45) is -6.18. The molecule has 6 nitrogen and oxygen atoms in total. The highest BCUT2D eigenvalue weighted by Gasteiger charge is 2.46. The first-order valence-corrected chi connectivity index (χ1v) is 12.9. The first-order chi connectivity index (χ1) is 17.8. The predicted molar refractivity (Wildman–Crippen MR) is 122 cm³/mol.